The van der Waals surface area contributed by atoms with Gasteiger partial charge in [0.15, 0.2) is 12.6 Å². The molecular weight excluding hydrogens is 404 g/mol. The lowest BCUT2D eigenvalue weighted by Crippen LogP contribution is -2.61. The molecule has 0 amide bonds. The van der Waals surface area contributed by atoms with E-state index in [9.17, 15) is 25.2 Å². The van der Waals surface area contributed by atoms with Gasteiger partial charge in [0, 0.05) is 18.9 Å². The van der Waals surface area contributed by atoms with Crippen molar-refractivity contribution < 1.29 is 53.6 Å². The molecule has 10 atom stereocenters. The average molecular weight is 434 g/mol. The summed E-state index contributed by atoms with van der Waals surface area (Å²) in [7, 11) is 1.28. The summed E-state index contributed by atoms with van der Waals surface area (Å²) in [5.41, 5.74) is 0.316. The van der Waals surface area contributed by atoms with Gasteiger partial charge in [0.2, 0.25) is 6.29 Å². The van der Waals surface area contributed by atoms with Crippen molar-refractivity contribution in [2.75, 3.05) is 20.3 Å². The van der Waals surface area contributed by atoms with Crippen molar-refractivity contribution in [1.82, 2.24) is 0 Å². The third-order valence-corrected chi connectivity index (χ3v) is 5.75. The Labute approximate surface area is 174 Å². The number of fused-ring (bicyclic) bond motifs is 1. The van der Waals surface area contributed by atoms with Crippen LogP contribution < -0.4 is 0 Å². The van der Waals surface area contributed by atoms with Gasteiger partial charge in [0.25, 0.3) is 0 Å². The number of ether oxygens (including phenoxy) is 6. The fourth-order valence-electron chi connectivity index (χ4n) is 4.19. The molecule has 0 aromatic heterocycles. The van der Waals surface area contributed by atoms with Crippen LogP contribution in [0.25, 0.3) is 0 Å². The summed E-state index contributed by atoms with van der Waals surface area (Å²) in [5, 5.41) is 39.6. The minimum atomic E-state index is -1.58. The number of esters is 1. The van der Waals surface area contributed by atoms with Gasteiger partial charge in [-0.3, -0.25) is 0 Å². The minimum Gasteiger partial charge on any atom is -0.471 e. The molecular formula is C19H30O11. The Balaban J connectivity index is 1.82. The quantitative estimate of drug-likeness (QED) is 0.366. The Hall–Kier alpha value is -1.31. The first-order valence-corrected chi connectivity index (χ1v) is 9.99. The van der Waals surface area contributed by atoms with Gasteiger partial charge in [-0.2, -0.15) is 0 Å². The van der Waals surface area contributed by atoms with Crippen molar-refractivity contribution in [3.8, 4) is 0 Å². The second-order valence-electron chi connectivity index (χ2n) is 7.55. The average Bonchev–Trinajstić information content (AvgIpc) is 2.73. The molecule has 0 saturated carbocycles. The van der Waals surface area contributed by atoms with E-state index in [1.165, 1.54) is 13.4 Å². The van der Waals surface area contributed by atoms with Crippen molar-refractivity contribution in [2.45, 2.75) is 69.7 Å². The van der Waals surface area contributed by atoms with Crippen LogP contribution in [-0.4, -0.2) is 96.1 Å². The van der Waals surface area contributed by atoms with Gasteiger partial charge in [-0.15, -0.1) is 0 Å². The number of carbonyl (C=O) groups is 1. The zero-order chi connectivity index (χ0) is 22.0. The second-order valence-corrected chi connectivity index (χ2v) is 7.55. The van der Waals surface area contributed by atoms with Crippen LogP contribution in [0.1, 0.15) is 20.3 Å². The van der Waals surface area contributed by atoms with Crippen LogP contribution in [0.4, 0.5) is 0 Å². The Bertz CT molecular complexity index is 624. The van der Waals surface area contributed by atoms with Gasteiger partial charge in [0.1, 0.15) is 24.4 Å². The monoisotopic (exact) mass is 434 g/mol. The van der Waals surface area contributed by atoms with Crippen LogP contribution in [0.5, 0.6) is 0 Å². The number of aliphatic hydroxyl groups is 4. The third-order valence-electron chi connectivity index (χ3n) is 5.75. The van der Waals surface area contributed by atoms with E-state index in [1.54, 1.807) is 6.92 Å². The Morgan fingerprint density at radius 2 is 1.90 bits per heavy atom. The van der Waals surface area contributed by atoms with Crippen molar-refractivity contribution in [3.05, 3.63) is 11.8 Å². The fraction of sp³-hybridized carbons (Fsp3) is 0.842. The maximum Gasteiger partial charge on any atom is 0.337 e. The highest BCUT2D eigenvalue weighted by Crippen LogP contribution is 2.43. The molecule has 30 heavy (non-hydrogen) atoms. The predicted molar refractivity (Wildman–Crippen MR) is 97.4 cm³/mol. The normalized spacial score (nSPS) is 43.9. The third kappa shape index (κ3) is 4.48. The van der Waals surface area contributed by atoms with E-state index in [2.05, 4.69) is 0 Å². The van der Waals surface area contributed by atoms with Crippen LogP contribution in [0.2, 0.25) is 0 Å². The SMILES string of the molecule is CCOC1C[C@H]2C(C(=O)OC)=CO[C@H](O[C@H]3O[C@@H](CO)[C@H](O)[C@@H](O)[C@@H]3O)[C@H]2[C@H](C)O1. The standard InChI is InChI=1S/C19H30O11/c1-4-26-12-5-9-10(17(24)25-3)7-27-18(13(9)8(2)28-12)30-19-16(23)15(22)14(21)11(6-20)29-19/h7-9,11-16,18-23H,4-6H2,1-3H3/t8-,9-,11-,12?,13-,14-,15+,16-,18+,19+/m0/s1. The van der Waals surface area contributed by atoms with E-state index in [0.29, 0.717) is 18.6 Å². The van der Waals surface area contributed by atoms with Crippen LogP contribution >= 0.6 is 0 Å². The van der Waals surface area contributed by atoms with Gasteiger partial charge in [-0.1, -0.05) is 0 Å². The molecule has 3 aliphatic heterocycles. The molecule has 2 saturated heterocycles. The molecule has 4 N–H and O–H groups in total. The fourth-order valence-corrected chi connectivity index (χ4v) is 4.19. The largest absolute Gasteiger partial charge is 0.471 e. The highest BCUT2D eigenvalue weighted by atomic mass is 16.8. The first-order valence-electron chi connectivity index (χ1n) is 9.99. The summed E-state index contributed by atoms with van der Waals surface area (Å²) in [6.45, 7) is 3.49. The number of rotatable bonds is 6. The van der Waals surface area contributed by atoms with Gasteiger partial charge < -0.3 is 48.8 Å². The minimum absolute atomic E-state index is 0.316. The number of carbonyl (C=O) groups excluding carboxylic acids is 1. The molecule has 2 fully saturated rings. The predicted octanol–water partition coefficient (Wildman–Crippen LogP) is -1.38. The maximum atomic E-state index is 12.3. The van der Waals surface area contributed by atoms with Crippen LogP contribution in [0.15, 0.2) is 11.8 Å². The Morgan fingerprint density at radius 3 is 2.53 bits per heavy atom. The zero-order valence-corrected chi connectivity index (χ0v) is 17.1. The first-order chi connectivity index (χ1) is 14.3. The molecule has 0 aliphatic carbocycles. The van der Waals surface area contributed by atoms with E-state index in [0.717, 1.165) is 0 Å². The van der Waals surface area contributed by atoms with Crippen LogP contribution in [0, 0.1) is 11.8 Å². The first kappa shape index (κ1) is 23.4. The molecule has 0 spiro atoms. The molecule has 1 unspecified atom stereocenters. The summed E-state index contributed by atoms with van der Waals surface area (Å²) < 4.78 is 33.2. The van der Waals surface area contributed by atoms with Gasteiger partial charge in [-0.25, -0.2) is 4.79 Å². The molecule has 3 heterocycles. The summed E-state index contributed by atoms with van der Waals surface area (Å²) in [6, 6.07) is 0. The number of methoxy groups -OCH3 is 1. The van der Waals surface area contributed by atoms with Gasteiger partial charge >= 0.3 is 5.97 Å². The molecule has 11 heteroatoms. The van der Waals surface area contributed by atoms with Crippen molar-refractivity contribution in [2.24, 2.45) is 11.8 Å². The van der Waals surface area contributed by atoms with E-state index < -0.39 is 67.9 Å². The lowest BCUT2D eigenvalue weighted by atomic mass is 9.77. The molecule has 3 aliphatic rings. The smallest absolute Gasteiger partial charge is 0.337 e. The maximum absolute atomic E-state index is 12.3. The zero-order valence-electron chi connectivity index (χ0n) is 17.1. The van der Waals surface area contributed by atoms with E-state index in [-0.39, 0.29) is 5.92 Å². The van der Waals surface area contributed by atoms with E-state index in [1.807, 2.05) is 6.92 Å². The van der Waals surface area contributed by atoms with Crippen LogP contribution in [0.3, 0.4) is 0 Å². The lowest BCUT2D eigenvalue weighted by Gasteiger charge is -2.47. The molecule has 0 bridgehead atoms. The van der Waals surface area contributed by atoms with Crippen molar-refractivity contribution in [3.63, 3.8) is 0 Å². The molecule has 172 valence electrons. The summed E-state index contributed by atoms with van der Waals surface area (Å²) >= 11 is 0. The topological polar surface area (TPSA) is 153 Å². The second kappa shape index (κ2) is 9.88. The lowest BCUT2D eigenvalue weighted by molar-refractivity contribution is -0.353. The molecule has 0 aromatic carbocycles. The Morgan fingerprint density at radius 1 is 1.17 bits per heavy atom. The van der Waals surface area contributed by atoms with Crippen molar-refractivity contribution in [1.29, 1.82) is 0 Å². The highest BCUT2D eigenvalue weighted by molar-refractivity contribution is 5.88. The van der Waals surface area contributed by atoms with Crippen LogP contribution in [-0.2, 0) is 33.2 Å². The molecule has 0 radical (unpaired) electrons. The summed E-state index contributed by atoms with van der Waals surface area (Å²) in [6.07, 6.45) is -7.51. The van der Waals surface area contributed by atoms with Crippen molar-refractivity contribution >= 4 is 5.97 Å². The highest BCUT2D eigenvalue weighted by Gasteiger charge is 2.51. The Kier molecular flexibility index (Phi) is 7.69. The molecule has 3 rings (SSSR count). The molecule has 11 nitrogen and oxygen atoms in total. The summed E-state index contributed by atoms with van der Waals surface area (Å²) in [5.74, 6) is -1.39. The number of hydrogen-bond acceptors (Lipinski definition) is 11. The number of hydrogen-bond donors (Lipinski definition) is 4. The molecule has 0 aromatic rings. The van der Waals surface area contributed by atoms with Gasteiger partial charge in [0.05, 0.1) is 37.6 Å². The van der Waals surface area contributed by atoms with E-state index in [4.69, 9.17) is 28.4 Å². The summed E-state index contributed by atoms with van der Waals surface area (Å²) in [4.78, 5) is 12.3. The van der Waals surface area contributed by atoms with E-state index >= 15 is 0 Å². The van der Waals surface area contributed by atoms with Gasteiger partial charge in [-0.05, 0) is 13.8 Å². The number of aliphatic hydroxyl groups excluding tert-OH is 4.